The SMILES string of the molecule is CC1(C)c2nc(-c3ccc(F)cc3)c(Nc3cccc(C(F)(F)F)c3)n2C=CN1C(=O)CN. The number of nitrogens with zero attached hydrogens (tertiary/aromatic N) is 3. The predicted molar refractivity (Wildman–Crippen MR) is 117 cm³/mol. The van der Waals surface area contributed by atoms with Crippen LogP contribution in [0.3, 0.4) is 0 Å². The first-order chi connectivity index (χ1) is 15.5. The van der Waals surface area contributed by atoms with Crippen LogP contribution in [-0.2, 0) is 16.5 Å². The number of alkyl halides is 3. The van der Waals surface area contributed by atoms with E-state index in [9.17, 15) is 22.4 Å². The first-order valence-electron chi connectivity index (χ1n) is 10.1. The first-order valence-corrected chi connectivity index (χ1v) is 10.1. The van der Waals surface area contributed by atoms with Crippen molar-refractivity contribution in [2.75, 3.05) is 11.9 Å². The van der Waals surface area contributed by atoms with Crippen molar-refractivity contribution in [2.45, 2.75) is 25.6 Å². The van der Waals surface area contributed by atoms with E-state index in [0.717, 1.165) is 12.1 Å². The average molecular weight is 459 g/mol. The van der Waals surface area contributed by atoms with Crippen LogP contribution in [0.2, 0.25) is 0 Å². The summed E-state index contributed by atoms with van der Waals surface area (Å²) in [5.41, 5.74) is 4.97. The highest BCUT2D eigenvalue weighted by Crippen LogP contribution is 2.40. The molecule has 0 radical (unpaired) electrons. The lowest BCUT2D eigenvalue weighted by Gasteiger charge is -2.38. The third-order valence-corrected chi connectivity index (χ3v) is 5.44. The van der Waals surface area contributed by atoms with E-state index in [0.29, 0.717) is 22.9 Å². The Labute approximate surface area is 187 Å². The molecule has 2 heterocycles. The van der Waals surface area contributed by atoms with Crippen LogP contribution in [0, 0.1) is 5.82 Å². The summed E-state index contributed by atoms with van der Waals surface area (Å²) < 4.78 is 54.8. The van der Waals surface area contributed by atoms with Crippen molar-refractivity contribution in [2.24, 2.45) is 5.73 Å². The summed E-state index contributed by atoms with van der Waals surface area (Å²) in [6.07, 6.45) is -1.36. The number of halogens is 4. The van der Waals surface area contributed by atoms with E-state index >= 15 is 0 Å². The predicted octanol–water partition coefficient (Wildman–Crippen LogP) is 4.92. The normalized spacial score (nSPS) is 14.8. The van der Waals surface area contributed by atoms with Crippen LogP contribution in [-0.4, -0.2) is 26.9 Å². The average Bonchev–Trinajstić information content (AvgIpc) is 3.13. The molecular weight excluding hydrogens is 438 g/mol. The summed E-state index contributed by atoms with van der Waals surface area (Å²) in [7, 11) is 0. The van der Waals surface area contributed by atoms with E-state index in [1.54, 1.807) is 30.8 Å². The van der Waals surface area contributed by atoms with Gasteiger partial charge in [0.1, 0.15) is 28.7 Å². The van der Waals surface area contributed by atoms with Crippen LogP contribution in [0.1, 0.15) is 25.2 Å². The van der Waals surface area contributed by atoms with Crippen LogP contribution in [0.25, 0.3) is 17.5 Å². The Hall–Kier alpha value is -3.66. The molecule has 0 saturated carbocycles. The Balaban J connectivity index is 1.87. The van der Waals surface area contributed by atoms with Crippen LogP contribution >= 0.6 is 0 Å². The number of aromatic nitrogens is 2. The van der Waals surface area contributed by atoms with Crippen LogP contribution in [0.4, 0.5) is 29.1 Å². The highest BCUT2D eigenvalue weighted by Gasteiger charge is 2.39. The van der Waals surface area contributed by atoms with E-state index < -0.39 is 23.1 Å². The summed E-state index contributed by atoms with van der Waals surface area (Å²) in [6.45, 7) is 3.37. The molecule has 0 spiro atoms. The van der Waals surface area contributed by atoms with Gasteiger partial charge in [-0.15, -0.1) is 0 Å². The van der Waals surface area contributed by atoms with Crippen molar-refractivity contribution >= 4 is 23.6 Å². The van der Waals surface area contributed by atoms with Gasteiger partial charge in [-0.25, -0.2) is 9.37 Å². The highest BCUT2D eigenvalue weighted by molar-refractivity contribution is 5.83. The Morgan fingerprint density at radius 3 is 2.45 bits per heavy atom. The van der Waals surface area contributed by atoms with Crippen molar-refractivity contribution in [3.05, 3.63) is 71.9 Å². The molecule has 1 aliphatic heterocycles. The lowest BCUT2D eigenvalue weighted by molar-refractivity contribution is -0.137. The number of nitrogens with two attached hydrogens (primary N) is 1. The number of imidazole rings is 1. The third kappa shape index (κ3) is 4.09. The maximum Gasteiger partial charge on any atom is 0.416 e. The molecule has 172 valence electrons. The molecule has 3 aromatic rings. The molecule has 2 aromatic carbocycles. The van der Waals surface area contributed by atoms with Crippen molar-refractivity contribution in [1.82, 2.24) is 14.5 Å². The summed E-state index contributed by atoms with van der Waals surface area (Å²) in [5, 5.41) is 3.03. The number of benzene rings is 2. The van der Waals surface area contributed by atoms with E-state index in [1.165, 1.54) is 41.3 Å². The fourth-order valence-corrected chi connectivity index (χ4v) is 3.77. The van der Waals surface area contributed by atoms with Gasteiger partial charge in [0.2, 0.25) is 5.91 Å². The lowest BCUT2D eigenvalue weighted by atomic mass is 10.0. The second-order valence-corrected chi connectivity index (χ2v) is 8.04. The molecule has 1 aliphatic rings. The van der Waals surface area contributed by atoms with E-state index in [1.807, 2.05) is 0 Å². The Morgan fingerprint density at radius 1 is 1.12 bits per heavy atom. The molecule has 6 nitrogen and oxygen atoms in total. The monoisotopic (exact) mass is 459 g/mol. The minimum Gasteiger partial charge on any atom is -0.339 e. The molecule has 0 unspecified atom stereocenters. The molecule has 3 N–H and O–H groups in total. The molecule has 4 rings (SSSR count). The molecule has 0 bridgehead atoms. The van der Waals surface area contributed by atoms with Gasteiger partial charge in [0.15, 0.2) is 0 Å². The number of carbonyl (C=O) groups excluding carboxylic acids is 1. The zero-order chi connectivity index (χ0) is 24.0. The van der Waals surface area contributed by atoms with Crippen molar-refractivity contribution < 1.29 is 22.4 Å². The molecule has 1 amide bonds. The van der Waals surface area contributed by atoms with E-state index in [-0.39, 0.29) is 18.1 Å². The Bertz CT molecular complexity index is 1230. The number of anilines is 2. The number of hydrogen-bond donors (Lipinski definition) is 2. The summed E-state index contributed by atoms with van der Waals surface area (Å²) in [4.78, 5) is 18.5. The largest absolute Gasteiger partial charge is 0.416 e. The summed E-state index contributed by atoms with van der Waals surface area (Å²) >= 11 is 0. The van der Waals surface area contributed by atoms with Crippen molar-refractivity contribution in [3.63, 3.8) is 0 Å². The van der Waals surface area contributed by atoms with Gasteiger partial charge in [0.25, 0.3) is 0 Å². The van der Waals surface area contributed by atoms with Crippen LogP contribution in [0.5, 0.6) is 0 Å². The standard InChI is InChI=1S/C23H21F4N5O/c1-22(2)21-30-19(14-6-8-16(24)9-7-14)20(31(21)10-11-32(22)18(33)13-28)29-17-5-3-4-15(12-17)23(25,26)27/h3-12,29H,13,28H2,1-2H3. The minimum atomic E-state index is -4.50. The van der Waals surface area contributed by atoms with Crippen molar-refractivity contribution in [3.8, 4) is 11.3 Å². The second kappa shape index (κ2) is 8.04. The Kier molecular flexibility index (Phi) is 5.49. The maximum absolute atomic E-state index is 13.5. The van der Waals surface area contributed by atoms with E-state index in [2.05, 4.69) is 5.32 Å². The molecule has 1 aromatic heterocycles. The molecule has 0 saturated heterocycles. The minimum absolute atomic E-state index is 0.197. The number of rotatable bonds is 4. The number of nitrogens with one attached hydrogen (secondary N) is 1. The first kappa shape index (κ1) is 22.5. The zero-order valence-corrected chi connectivity index (χ0v) is 17.8. The fraction of sp³-hybridized carbons (Fsp3) is 0.217. The van der Waals surface area contributed by atoms with Gasteiger partial charge in [-0.2, -0.15) is 13.2 Å². The van der Waals surface area contributed by atoms with Crippen LogP contribution in [0.15, 0.2) is 54.7 Å². The van der Waals surface area contributed by atoms with Gasteiger partial charge in [-0.3, -0.25) is 9.36 Å². The molecule has 0 atom stereocenters. The molecule has 0 fully saturated rings. The molecule has 0 aliphatic carbocycles. The summed E-state index contributed by atoms with van der Waals surface area (Å²) in [5.74, 6) is 0.0805. The summed E-state index contributed by atoms with van der Waals surface area (Å²) in [6, 6.07) is 10.4. The number of carbonyl (C=O) groups is 1. The maximum atomic E-state index is 13.5. The van der Waals surface area contributed by atoms with Gasteiger partial charge in [-0.1, -0.05) is 6.07 Å². The third-order valence-electron chi connectivity index (χ3n) is 5.44. The lowest BCUT2D eigenvalue weighted by Crippen LogP contribution is -2.47. The highest BCUT2D eigenvalue weighted by atomic mass is 19.4. The van der Waals surface area contributed by atoms with Crippen molar-refractivity contribution in [1.29, 1.82) is 0 Å². The van der Waals surface area contributed by atoms with E-state index in [4.69, 9.17) is 10.7 Å². The molecule has 33 heavy (non-hydrogen) atoms. The topological polar surface area (TPSA) is 76.2 Å². The zero-order valence-electron chi connectivity index (χ0n) is 17.8. The second-order valence-electron chi connectivity index (χ2n) is 8.04. The fourth-order valence-electron chi connectivity index (χ4n) is 3.77. The number of fused-ring (bicyclic) bond motifs is 1. The quantitative estimate of drug-likeness (QED) is 0.544. The van der Waals surface area contributed by atoms with Gasteiger partial charge in [0, 0.05) is 23.7 Å². The van der Waals surface area contributed by atoms with Gasteiger partial charge in [0.05, 0.1) is 12.1 Å². The van der Waals surface area contributed by atoms with Crippen LogP contribution < -0.4 is 11.1 Å². The Morgan fingerprint density at radius 2 is 1.82 bits per heavy atom. The smallest absolute Gasteiger partial charge is 0.339 e. The van der Waals surface area contributed by atoms with Gasteiger partial charge < -0.3 is 16.0 Å². The van der Waals surface area contributed by atoms with Gasteiger partial charge in [-0.05, 0) is 56.3 Å². The molecular formula is C23H21F4N5O. The number of amides is 1. The molecule has 10 heteroatoms. The van der Waals surface area contributed by atoms with Gasteiger partial charge >= 0.3 is 6.18 Å². The number of hydrogen-bond acceptors (Lipinski definition) is 4.